The third kappa shape index (κ3) is 3.81. The van der Waals surface area contributed by atoms with Crippen molar-refractivity contribution < 1.29 is 4.79 Å². The minimum absolute atomic E-state index is 0.140. The van der Waals surface area contributed by atoms with Gasteiger partial charge in [-0.2, -0.15) is 0 Å². The number of nitrogens with zero attached hydrogens (tertiary/aromatic N) is 2. The van der Waals surface area contributed by atoms with Crippen molar-refractivity contribution in [2.75, 3.05) is 5.32 Å². The van der Waals surface area contributed by atoms with Crippen LogP contribution in [0.3, 0.4) is 0 Å². The molecule has 4 bridgehead atoms. The Labute approximate surface area is 183 Å². The zero-order chi connectivity index (χ0) is 20.9. The van der Waals surface area contributed by atoms with Gasteiger partial charge in [0.05, 0.1) is 5.41 Å². The van der Waals surface area contributed by atoms with E-state index in [4.69, 9.17) is 0 Å². The molecule has 4 aliphatic carbocycles. The van der Waals surface area contributed by atoms with E-state index < -0.39 is 0 Å². The highest BCUT2D eigenvalue weighted by Crippen LogP contribution is 2.60. The number of benzene rings is 1. The molecule has 4 fully saturated rings. The van der Waals surface area contributed by atoms with Crippen molar-refractivity contribution in [3.63, 3.8) is 0 Å². The van der Waals surface area contributed by atoms with Gasteiger partial charge in [0, 0.05) is 5.92 Å². The molecule has 0 radical (unpaired) electrons. The fraction of sp³-hybridized carbons (Fsp3) is 0.640. The molecular formula is C25H33N3OS. The molecule has 0 aliphatic heterocycles. The molecule has 6 rings (SSSR count). The highest BCUT2D eigenvalue weighted by molar-refractivity contribution is 7.15. The van der Waals surface area contributed by atoms with Crippen LogP contribution in [0.1, 0.15) is 81.3 Å². The first kappa shape index (κ1) is 20.2. The van der Waals surface area contributed by atoms with Gasteiger partial charge in [0.2, 0.25) is 11.0 Å². The molecule has 1 atom stereocenters. The smallest absolute Gasteiger partial charge is 0.232 e. The number of anilines is 1. The van der Waals surface area contributed by atoms with Gasteiger partial charge in [0.15, 0.2) is 0 Å². The van der Waals surface area contributed by atoms with Crippen LogP contribution in [0, 0.1) is 29.1 Å². The lowest BCUT2D eigenvalue weighted by Gasteiger charge is -2.55. The van der Waals surface area contributed by atoms with Crippen molar-refractivity contribution in [1.82, 2.24) is 10.2 Å². The second-order valence-electron chi connectivity index (χ2n) is 10.7. The summed E-state index contributed by atoms with van der Waals surface area (Å²) >= 11 is 1.53. The minimum atomic E-state index is -0.140. The van der Waals surface area contributed by atoms with Crippen LogP contribution in [0.2, 0.25) is 0 Å². The van der Waals surface area contributed by atoms with Gasteiger partial charge in [0.1, 0.15) is 5.01 Å². The fourth-order valence-electron chi connectivity index (χ4n) is 6.63. The van der Waals surface area contributed by atoms with Crippen LogP contribution in [0.5, 0.6) is 0 Å². The molecule has 2 aromatic rings. The van der Waals surface area contributed by atoms with Crippen LogP contribution in [0.15, 0.2) is 24.3 Å². The van der Waals surface area contributed by atoms with Gasteiger partial charge in [-0.05, 0) is 79.7 Å². The van der Waals surface area contributed by atoms with Crippen LogP contribution >= 0.6 is 11.3 Å². The van der Waals surface area contributed by atoms with Gasteiger partial charge in [-0.1, -0.05) is 56.4 Å². The highest BCUT2D eigenvalue weighted by atomic mass is 32.1. The summed E-state index contributed by atoms with van der Waals surface area (Å²) in [4.78, 5) is 13.3. The van der Waals surface area contributed by atoms with Gasteiger partial charge >= 0.3 is 0 Å². The number of hydrogen-bond donors (Lipinski definition) is 1. The molecule has 0 spiro atoms. The maximum atomic E-state index is 13.3. The molecule has 1 aromatic carbocycles. The summed E-state index contributed by atoms with van der Waals surface area (Å²) in [6, 6.07) is 8.86. The maximum Gasteiger partial charge on any atom is 0.232 e. The number of amides is 1. The number of nitrogens with one attached hydrogen (secondary N) is 1. The van der Waals surface area contributed by atoms with E-state index in [1.807, 2.05) is 0 Å². The van der Waals surface area contributed by atoms with Gasteiger partial charge in [-0.15, -0.1) is 10.2 Å². The van der Waals surface area contributed by atoms with E-state index in [2.05, 4.69) is 60.6 Å². The molecule has 1 N–H and O–H groups in total. The quantitative estimate of drug-likeness (QED) is 0.616. The Bertz CT molecular complexity index is 881. The Hall–Kier alpha value is -1.75. The molecule has 30 heavy (non-hydrogen) atoms. The summed E-state index contributed by atoms with van der Waals surface area (Å²) in [5.74, 6) is 3.36. The predicted molar refractivity (Wildman–Crippen MR) is 122 cm³/mol. The lowest BCUT2D eigenvalue weighted by Crippen LogP contribution is -2.51. The Morgan fingerprint density at radius 3 is 2.20 bits per heavy atom. The third-order valence-electron chi connectivity index (χ3n) is 7.68. The molecule has 5 heteroatoms. The topological polar surface area (TPSA) is 54.9 Å². The van der Waals surface area contributed by atoms with Crippen LogP contribution < -0.4 is 5.32 Å². The molecule has 4 nitrogen and oxygen atoms in total. The summed E-state index contributed by atoms with van der Waals surface area (Å²) in [7, 11) is 0. The number of hydrogen-bond acceptors (Lipinski definition) is 4. The van der Waals surface area contributed by atoms with Crippen LogP contribution in [0.4, 0.5) is 5.13 Å². The summed E-state index contributed by atoms with van der Waals surface area (Å²) in [5, 5.41) is 13.5. The van der Waals surface area contributed by atoms with Gasteiger partial charge in [-0.3, -0.25) is 4.79 Å². The molecule has 0 unspecified atom stereocenters. The van der Waals surface area contributed by atoms with E-state index in [9.17, 15) is 4.79 Å². The van der Waals surface area contributed by atoms with Crippen molar-refractivity contribution in [1.29, 1.82) is 0 Å². The van der Waals surface area contributed by atoms with E-state index in [0.29, 0.717) is 11.0 Å². The second-order valence-corrected chi connectivity index (χ2v) is 11.7. The number of aromatic nitrogens is 2. The van der Waals surface area contributed by atoms with Crippen molar-refractivity contribution in [3.05, 3.63) is 40.4 Å². The largest absolute Gasteiger partial charge is 0.300 e. The zero-order valence-electron chi connectivity index (χ0n) is 18.4. The minimum Gasteiger partial charge on any atom is -0.300 e. The molecule has 4 aliphatic rings. The Morgan fingerprint density at radius 2 is 1.63 bits per heavy atom. The van der Waals surface area contributed by atoms with E-state index in [0.717, 1.165) is 48.4 Å². The predicted octanol–water partition coefficient (Wildman–Crippen LogP) is 6.04. The van der Waals surface area contributed by atoms with Crippen LogP contribution in [-0.4, -0.2) is 16.1 Å². The molecule has 1 heterocycles. The van der Waals surface area contributed by atoms with E-state index in [1.165, 1.54) is 41.7 Å². The highest BCUT2D eigenvalue weighted by Gasteiger charge is 2.54. The molecule has 0 saturated heterocycles. The van der Waals surface area contributed by atoms with Crippen LogP contribution in [-0.2, 0) is 11.2 Å². The molecule has 1 amide bonds. The first-order chi connectivity index (χ1) is 14.4. The van der Waals surface area contributed by atoms with Crippen molar-refractivity contribution in [2.45, 2.75) is 71.6 Å². The normalized spacial score (nSPS) is 30.6. The SMILES string of the molecule is CC(C)Cc1ccc([C@@H](C)c2nnc(NC(=O)C34CC5CC(CC(C5)C3)C4)s2)cc1. The number of rotatable bonds is 6. The Kier molecular flexibility index (Phi) is 5.20. The first-order valence-corrected chi connectivity index (χ1v) is 12.5. The summed E-state index contributed by atoms with van der Waals surface area (Å²) in [6.07, 6.45) is 8.39. The van der Waals surface area contributed by atoms with Crippen molar-refractivity contribution >= 4 is 22.4 Å². The molecule has 160 valence electrons. The van der Waals surface area contributed by atoms with E-state index >= 15 is 0 Å². The summed E-state index contributed by atoms with van der Waals surface area (Å²) < 4.78 is 0. The van der Waals surface area contributed by atoms with Crippen LogP contribution in [0.25, 0.3) is 0 Å². The lowest BCUT2D eigenvalue weighted by atomic mass is 9.49. The number of carbonyl (C=O) groups excluding carboxylic acids is 1. The van der Waals surface area contributed by atoms with Crippen molar-refractivity contribution in [3.8, 4) is 0 Å². The average Bonchev–Trinajstić information content (AvgIpc) is 3.15. The van der Waals surface area contributed by atoms with Gasteiger partial charge in [-0.25, -0.2) is 0 Å². The van der Waals surface area contributed by atoms with Gasteiger partial charge < -0.3 is 5.32 Å². The first-order valence-electron chi connectivity index (χ1n) is 11.6. The standard InChI is InChI=1S/C25H33N3OS/c1-15(2)8-17-4-6-21(7-5-17)16(3)22-27-28-24(30-22)26-23(29)25-12-18-9-19(13-25)11-20(10-18)14-25/h4-7,15-16,18-20H,8-14H2,1-3H3,(H,26,28,29)/t16-,18?,19?,20?,25?/m1/s1. The molecular weight excluding hydrogens is 390 g/mol. The molecule has 1 aromatic heterocycles. The number of carbonyl (C=O) groups is 1. The Balaban J connectivity index is 1.26. The summed E-state index contributed by atoms with van der Waals surface area (Å²) in [6.45, 7) is 6.66. The van der Waals surface area contributed by atoms with Crippen molar-refractivity contribution in [2.24, 2.45) is 29.1 Å². The third-order valence-corrected chi connectivity index (χ3v) is 8.70. The Morgan fingerprint density at radius 1 is 1.03 bits per heavy atom. The van der Waals surface area contributed by atoms with E-state index in [1.54, 1.807) is 0 Å². The second kappa shape index (κ2) is 7.74. The average molecular weight is 424 g/mol. The molecule has 4 saturated carbocycles. The van der Waals surface area contributed by atoms with Gasteiger partial charge in [0.25, 0.3) is 0 Å². The summed E-state index contributed by atoms with van der Waals surface area (Å²) in [5.41, 5.74) is 2.48. The fourth-order valence-corrected chi connectivity index (χ4v) is 7.45. The maximum absolute atomic E-state index is 13.3. The lowest BCUT2D eigenvalue weighted by molar-refractivity contribution is -0.140. The monoisotopic (exact) mass is 423 g/mol. The van der Waals surface area contributed by atoms with E-state index in [-0.39, 0.29) is 17.2 Å². The zero-order valence-corrected chi connectivity index (χ0v) is 19.2.